The molecule has 0 bridgehead atoms. The summed E-state index contributed by atoms with van der Waals surface area (Å²) in [4.78, 5) is 14.8. The van der Waals surface area contributed by atoms with Crippen LogP contribution in [-0.2, 0) is 10.2 Å². The van der Waals surface area contributed by atoms with Gasteiger partial charge in [0.15, 0.2) is 0 Å². The summed E-state index contributed by atoms with van der Waals surface area (Å²) in [7, 11) is 0. The topological polar surface area (TPSA) is 20.3 Å². The van der Waals surface area contributed by atoms with Crippen LogP contribution in [0.4, 0.5) is 17.1 Å². The minimum absolute atomic E-state index is 0.278. The fourth-order valence-electron chi connectivity index (χ4n) is 6.36. The molecule has 0 radical (unpaired) electrons. The number of carbonyl (C=O) groups excluding carboxylic acids is 1. The highest BCUT2D eigenvalue weighted by Crippen LogP contribution is 2.61. The van der Waals surface area contributed by atoms with Gasteiger partial charge in [0.2, 0.25) is 0 Å². The van der Waals surface area contributed by atoms with Gasteiger partial charge in [0.1, 0.15) is 6.29 Å². The summed E-state index contributed by atoms with van der Waals surface area (Å²) in [5.41, 5.74) is 9.91. The summed E-state index contributed by atoms with van der Waals surface area (Å²) in [5, 5.41) is 0. The molecular formula is C33H23NO. The van der Waals surface area contributed by atoms with Crippen LogP contribution in [0.15, 0.2) is 127 Å². The van der Waals surface area contributed by atoms with Crippen LogP contribution in [0.5, 0.6) is 0 Å². The highest BCUT2D eigenvalue weighted by molar-refractivity contribution is 5.91. The maximum Gasteiger partial charge on any atom is 0.131 e. The van der Waals surface area contributed by atoms with E-state index < -0.39 is 5.41 Å². The van der Waals surface area contributed by atoms with Crippen LogP contribution in [0.2, 0.25) is 0 Å². The molecule has 2 aliphatic rings. The lowest BCUT2D eigenvalue weighted by Gasteiger charge is -2.50. The molecule has 2 nitrogen and oxygen atoms in total. The maximum absolute atomic E-state index is 12.5. The van der Waals surface area contributed by atoms with E-state index in [-0.39, 0.29) is 5.92 Å². The van der Waals surface area contributed by atoms with E-state index in [1.54, 1.807) is 0 Å². The van der Waals surface area contributed by atoms with Crippen LogP contribution in [0, 0.1) is 0 Å². The quantitative estimate of drug-likeness (QED) is 0.255. The first kappa shape index (κ1) is 20.0. The maximum atomic E-state index is 12.5. The Morgan fingerprint density at radius 3 is 1.46 bits per heavy atom. The van der Waals surface area contributed by atoms with Gasteiger partial charge in [0.05, 0.1) is 22.7 Å². The molecule has 0 N–H and O–H groups in total. The van der Waals surface area contributed by atoms with Crippen molar-refractivity contribution in [3.63, 3.8) is 0 Å². The van der Waals surface area contributed by atoms with Gasteiger partial charge in [0, 0.05) is 5.69 Å². The molecule has 0 amide bonds. The molecule has 7 rings (SSSR count). The van der Waals surface area contributed by atoms with Gasteiger partial charge < -0.3 is 9.69 Å². The molecule has 2 heteroatoms. The van der Waals surface area contributed by atoms with Gasteiger partial charge in [-0.05, 0) is 57.6 Å². The molecule has 0 unspecified atom stereocenters. The van der Waals surface area contributed by atoms with Crippen molar-refractivity contribution in [2.75, 3.05) is 4.90 Å². The van der Waals surface area contributed by atoms with Gasteiger partial charge in [-0.15, -0.1) is 0 Å². The van der Waals surface area contributed by atoms with Crippen molar-refractivity contribution >= 4 is 23.3 Å². The molecule has 0 fully saturated rings. The molecule has 0 saturated heterocycles. The summed E-state index contributed by atoms with van der Waals surface area (Å²) >= 11 is 0. The van der Waals surface area contributed by atoms with E-state index in [1.807, 2.05) is 12.1 Å². The Balaban J connectivity index is 1.68. The van der Waals surface area contributed by atoms with E-state index in [0.29, 0.717) is 0 Å². The Hall–Kier alpha value is -4.43. The summed E-state index contributed by atoms with van der Waals surface area (Å²) in [6, 6.07) is 45.0. The van der Waals surface area contributed by atoms with Crippen molar-refractivity contribution in [2.45, 2.75) is 11.3 Å². The van der Waals surface area contributed by atoms with Crippen LogP contribution in [0.1, 0.15) is 39.3 Å². The zero-order valence-corrected chi connectivity index (χ0v) is 19.1. The third-order valence-corrected chi connectivity index (χ3v) is 7.65. The molecule has 1 aliphatic heterocycles. The highest BCUT2D eigenvalue weighted by Gasteiger charge is 2.51. The zero-order valence-electron chi connectivity index (χ0n) is 19.1. The van der Waals surface area contributed by atoms with Crippen molar-refractivity contribution in [3.05, 3.63) is 161 Å². The number of carbonyl (C=O) groups is 1. The second-order valence-corrected chi connectivity index (χ2v) is 9.24. The highest BCUT2D eigenvalue weighted by atomic mass is 16.1. The molecule has 5 aromatic carbocycles. The van der Waals surface area contributed by atoms with E-state index in [0.717, 1.165) is 34.5 Å². The van der Waals surface area contributed by atoms with Gasteiger partial charge in [-0.2, -0.15) is 0 Å². The minimum Gasteiger partial charge on any atom is -0.310 e. The van der Waals surface area contributed by atoms with Gasteiger partial charge in [-0.1, -0.05) is 103 Å². The Bertz CT molecular complexity index is 1490. The van der Waals surface area contributed by atoms with Crippen molar-refractivity contribution < 1.29 is 4.79 Å². The standard InChI is InChI=1S/C33H23NO/c35-22-26-24-14-4-6-16-27(24)33(28-17-7-5-15-25(26)28)29-18-8-10-20-31(29)34(23-12-2-1-3-13-23)32-21-11-9-19-30(32)33/h1-22,26H. The SMILES string of the molecule is O=CC1c2ccccc2C2(c3ccccc31)c1ccccc1N(c1ccccc1)c1ccccc12. The second-order valence-electron chi connectivity index (χ2n) is 9.24. The summed E-state index contributed by atoms with van der Waals surface area (Å²) in [6.07, 6.45) is 1.10. The third-order valence-electron chi connectivity index (χ3n) is 7.65. The third kappa shape index (κ3) is 2.57. The molecule has 35 heavy (non-hydrogen) atoms. The van der Waals surface area contributed by atoms with Crippen molar-refractivity contribution in [1.82, 2.24) is 0 Å². The fourth-order valence-corrected chi connectivity index (χ4v) is 6.36. The molecule has 166 valence electrons. The van der Waals surface area contributed by atoms with E-state index in [2.05, 4.69) is 120 Å². The molecule has 0 saturated carbocycles. The first-order valence-corrected chi connectivity index (χ1v) is 12.0. The summed E-state index contributed by atoms with van der Waals surface area (Å²) in [5.74, 6) is -0.278. The average Bonchev–Trinajstić information content (AvgIpc) is 2.93. The number of nitrogens with zero attached hydrogens (tertiary/aromatic N) is 1. The number of para-hydroxylation sites is 3. The molecule has 1 heterocycles. The number of aldehydes is 1. The lowest BCUT2D eigenvalue weighted by atomic mass is 9.56. The van der Waals surface area contributed by atoms with E-state index in [9.17, 15) is 4.79 Å². The number of rotatable bonds is 2. The van der Waals surface area contributed by atoms with E-state index in [1.165, 1.54) is 22.3 Å². The lowest BCUT2D eigenvalue weighted by Crippen LogP contribution is -2.42. The Morgan fingerprint density at radius 2 is 0.943 bits per heavy atom. The number of hydrogen-bond acceptors (Lipinski definition) is 2. The van der Waals surface area contributed by atoms with Crippen LogP contribution in [0.25, 0.3) is 0 Å². The van der Waals surface area contributed by atoms with Gasteiger partial charge >= 0.3 is 0 Å². The summed E-state index contributed by atoms with van der Waals surface area (Å²) in [6.45, 7) is 0. The van der Waals surface area contributed by atoms with Gasteiger partial charge in [-0.3, -0.25) is 0 Å². The smallest absolute Gasteiger partial charge is 0.131 e. The monoisotopic (exact) mass is 449 g/mol. The van der Waals surface area contributed by atoms with Gasteiger partial charge in [-0.25, -0.2) is 0 Å². The minimum atomic E-state index is -0.523. The van der Waals surface area contributed by atoms with Gasteiger partial charge in [0.25, 0.3) is 0 Å². The Morgan fingerprint density at radius 1 is 0.514 bits per heavy atom. The predicted molar refractivity (Wildman–Crippen MR) is 141 cm³/mol. The number of hydrogen-bond donors (Lipinski definition) is 0. The summed E-state index contributed by atoms with van der Waals surface area (Å²) < 4.78 is 0. The number of fused-ring (bicyclic) bond motifs is 8. The zero-order chi connectivity index (χ0) is 23.4. The van der Waals surface area contributed by atoms with Crippen LogP contribution >= 0.6 is 0 Å². The van der Waals surface area contributed by atoms with Crippen molar-refractivity contribution in [2.24, 2.45) is 0 Å². The number of anilines is 3. The van der Waals surface area contributed by atoms with Crippen LogP contribution in [0.3, 0.4) is 0 Å². The normalized spacial score (nSPS) is 15.0. The second kappa shape index (κ2) is 7.54. The van der Waals surface area contributed by atoms with Crippen molar-refractivity contribution in [3.8, 4) is 0 Å². The molecule has 1 spiro atoms. The van der Waals surface area contributed by atoms with E-state index >= 15 is 0 Å². The molecular weight excluding hydrogens is 426 g/mol. The van der Waals surface area contributed by atoms with Crippen LogP contribution in [-0.4, -0.2) is 6.29 Å². The molecule has 5 aromatic rings. The molecule has 0 aromatic heterocycles. The number of benzene rings is 5. The van der Waals surface area contributed by atoms with E-state index in [4.69, 9.17) is 0 Å². The predicted octanol–water partition coefficient (Wildman–Crippen LogP) is 7.50. The first-order chi connectivity index (χ1) is 17.4. The molecule has 0 atom stereocenters. The fraction of sp³-hybridized carbons (Fsp3) is 0.0606. The van der Waals surface area contributed by atoms with Crippen LogP contribution < -0.4 is 4.90 Å². The Labute approximate surface area is 205 Å². The average molecular weight is 450 g/mol. The Kier molecular flexibility index (Phi) is 4.31. The first-order valence-electron chi connectivity index (χ1n) is 12.0. The van der Waals surface area contributed by atoms with Crippen molar-refractivity contribution in [1.29, 1.82) is 0 Å². The lowest BCUT2D eigenvalue weighted by molar-refractivity contribution is -0.108. The molecule has 1 aliphatic carbocycles. The largest absolute Gasteiger partial charge is 0.310 e.